The number of ether oxygens (including phenoxy) is 1. The van der Waals surface area contributed by atoms with E-state index in [0.717, 1.165) is 12.8 Å². The lowest BCUT2D eigenvalue weighted by atomic mass is 9.97. The zero-order valence-corrected chi connectivity index (χ0v) is 10.1. The van der Waals surface area contributed by atoms with Gasteiger partial charge < -0.3 is 14.7 Å². The molecule has 5 nitrogen and oxygen atoms in total. The molecule has 0 radical (unpaired) electrons. The summed E-state index contributed by atoms with van der Waals surface area (Å²) in [6, 6.07) is -0.561. The first-order valence-corrected chi connectivity index (χ1v) is 6.24. The second-order valence-electron chi connectivity index (χ2n) is 4.88. The Morgan fingerprint density at radius 3 is 2.29 bits per heavy atom. The largest absolute Gasteiger partial charge is 0.480 e. The quantitative estimate of drug-likeness (QED) is 0.793. The van der Waals surface area contributed by atoms with Crippen LogP contribution in [0.5, 0.6) is 0 Å². The molecule has 1 amide bonds. The van der Waals surface area contributed by atoms with E-state index < -0.39 is 12.0 Å². The van der Waals surface area contributed by atoms with Gasteiger partial charge in [-0.1, -0.05) is 0 Å². The third-order valence-corrected chi connectivity index (χ3v) is 3.54. The number of amides is 1. The van der Waals surface area contributed by atoms with Crippen LogP contribution in [-0.2, 0) is 14.3 Å². The van der Waals surface area contributed by atoms with Crippen LogP contribution in [0.4, 0.5) is 0 Å². The molecule has 1 unspecified atom stereocenters. The number of hydrogen-bond donors (Lipinski definition) is 1. The molecule has 2 rings (SSSR count). The van der Waals surface area contributed by atoms with Gasteiger partial charge in [0.1, 0.15) is 6.04 Å². The predicted octanol–water partition coefficient (Wildman–Crippen LogP) is 0.877. The van der Waals surface area contributed by atoms with Gasteiger partial charge in [0.2, 0.25) is 5.91 Å². The molecule has 0 aromatic carbocycles. The summed E-state index contributed by atoms with van der Waals surface area (Å²) >= 11 is 0. The van der Waals surface area contributed by atoms with Gasteiger partial charge in [0, 0.05) is 25.2 Å². The molecule has 1 heterocycles. The number of rotatable bonds is 4. The molecule has 1 atom stereocenters. The summed E-state index contributed by atoms with van der Waals surface area (Å²) in [5, 5.41) is 9.06. The number of carbonyl (C=O) groups excluding carboxylic acids is 1. The number of carboxylic acids is 1. The Kier molecular flexibility index (Phi) is 3.66. The monoisotopic (exact) mass is 241 g/mol. The summed E-state index contributed by atoms with van der Waals surface area (Å²) in [6.07, 6.45) is 3.31. The third-order valence-electron chi connectivity index (χ3n) is 3.54. The van der Waals surface area contributed by atoms with Crippen molar-refractivity contribution < 1.29 is 19.4 Å². The minimum absolute atomic E-state index is 0.00528. The van der Waals surface area contributed by atoms with Crippen LogP contribution in [0.25, 0.3) is 0 Å². The molecule has 2 fully saturated rings. The van der Waals surface area contributed by atoms with E-state index in [1.54, 1.807) is 11.8 Å². The van der Waals surface area contributed by atoms with Crippen LogP contribution in [0.1, 0.15) is 32.6 Å². The fourth-order valence-corrected chi connectivity index (χ4v) is 2.31. The van der Waals surface area contributed by atoms with Gasteiger partial charge in [-0.3, -0.25) is 4.79 Å². The minimum Gasteiger partial charge on any atom is -0.480 e. The normalized spacial score (nSPS) is 23.1. The highest BCUT2D eigenvalue weighted by molar-refractivity contribution is 5.85. The molecule has 1 aliphatic carbocycles. The highest BCUT2D eigenvalue weighted by Gasteiger charge is 2.40. The zero-order chi connectivity index (χ0) is 12.4. The summed E-state index contributed by atoms with van der Waals surface area (Å²) in [4.78, 5) is 25.0. The number of carboxylic acid groups (broad SMARTS) is 1. The van der Waals surface area contributed by atoms with E-state index in [1.165, 1.54) is 0 Å². The zero-order valence-electron chi connectivity index (χ0n) is 10.1. The summed E-state index contributed by atoms with van der Waals surface area (Å²) < 4.78 is 5.23. The summed E-state index contributed by atoms with van der Waals surface area (Å²) in [7, 11) is 0. The van der Waals surface area contributed by atoms with Crippen molar-refractivity contribution in [1.82, 2.24) is 4.90 Å². The van der Waals surface area contributed by atoms with Crippen molar-refractivity contribution in [1.29, 1.82) is 0 Å². The highest BCUT2D eigenvalue weighted by atomic mass is 16.5. The molecule has 1 aliphatic heterocycles. The Hall–Kier alpha value is -1.10. The Bertz CT molecular complexity index is 308. The van der Waals surface area contributed by atoms with Crippen LogP contribution in [0.15, 0.2) is 0 Å². The number of carbonyl (C=O) groups is 2. The van der Waals surface area contributed by atoms with Crippen LogP contribution in [-0.4, -0.2) is 47.2 Å². The molecule has 2 aliphatic rings. The van der Waals surface area contributed by atoms with Crippen LogP contribution < -0.4 is 0 Å². The third kappa shape index (κ3) is 2.77. The first-order chi connectivity index (χ1) is 8.11. The summed E-state index contributed by atoms with van der Waals surface area (Å²) in [5.41, 5.74) is 0. The summed E-state index contributed by atoms with van der Waals surface area (Å²) in [6.45, 7) is 2.81. The first-order valence-electron chi connectivity index (χ1n) is 6.24. The SMILES string of the molecule is CC(C(=O)O)N(C(=O)C1CCOCC1)C1CC1. The van der Waals surface area contributed by atoms with Gasteiger partial charge in [0.25, 0.3) is 0 Å². The van der Waals surface area contributed by atoms with E-state index in [4.69, 9.17) is 9.84 Å². The van der Waals surface area contributed by atoms with Crippen molar-refractivity contribution in [2.24, 2.45) is 5.92 Å². The lowest BCUT2D eigenvalue weighted by Crippen LogP contribution is -2.48. The molecule has 17 heavy (non-hydrogen) atoms. The first kappa shape index (κ1) is 12.4. The topological polar surface area (TPSA) is 66.8 Å². The maximum Gasteiger partial charge on any atom is 0.326 e. The molecular weight excluding hydrogens is 222 g/mol. The fraction of sp³-hybridized carbons (Fsp3) is 0.833. The van der Waals surface area contributed by atoms with Crippen molar-refractivity contribution in [3.63, 3.8) is 0 Å². The van der Waals surface area contributed by atoms with Crippen LogP contribution in [0.2, 0.25) is 0 Å². The number of hydrogen-bond acceptors (Lipinski definition) is 3. The van der Waals surface area contributed by atoms with E-state index in [9.17, 15) is 9.59 Å². The molecule has 1 saturated heterocycles. The molecule has 0 aromatic heterocycles. The van der Waals surface area contributed by atoms with Gasteiger partial charge >= 0.3 is 5.97 Å². The van der Waals surface area contributed by atoms with Gasteiger partial charge in [-0.2, -0.15) is 0 Å². The van der Waals surface area contributed by atoms with Gasteiger partial charge in [-0.15, -0.1) is 0 Å². The molecule has 96 valence electrons. The van der Waals surface area contributed by atoms with Crippen molar-refractivity contribution >= 4 is 11.9 Å². The van der Waals surface area contributed by atoms with Gasteiger partial charge in [0.15, 0.2) is 0 Å². The van der Waals surface area contributed by atoms with Crippen molar-refractivity contribution in [2.45, 2.75) is 44.7 Å². The maximum absolute atomic E-state index is 12.3. The van der Waals surface area contributed by atoms with E-state index in [2.05, 4.69) is 0 Å². The molecular formula is C12H19NO4. The average molecular weight is 241 g/mol. The fourth-order valence-electron chi connectivity index (χ4n) is 2.31. The van der Waals surface area contributed by atoms with E-state index in [-0.39, 0.29) is 17.9 Å². The van der Waals surface area contributed by atoms with E-state index in [0.29, 0.717) is 26.1 Å². The molecule has 0 spiro atoms. The Balaban J connectivity index is 2.04. The number of aliphatic carboxylic acids is 1. The van der Waals surface area contributed by atoms with Crippen molar-refractivity contribution in [2.75, 3.05) is 13.2 Å². The van der Waals surface area contributed by atoms with Crippen LogP contribution >= 0.6 is 0 Å². The van der Waals surface area contributed by atoms with E-state index in [1.807, 2.05) is 0 Å². The van der Waals surface area contributed by atoms with Gasteiger partial charge in [-0.25, -0.2) is 4.79 Å². The van der Waals surface area contributed by atoms with Gasteiger partial charge in [0.05, 0.1) is 0 Å². The molecule has 5 heteroatoms. The molecule has 1 saturated carbocycles. The van der Waals surface area contributed by atoms with Crippen LogP contribution in [0, 0.1) is 5.92 Å². The van der Waals surface area contributed by atoms with Crippen molar-refractivity contribution in [3.8, 4) is 0 Å². The predicted molar refractivity (Wildman–Crippen MR) is 60.5 cm³/mol. The van der Waals surface area contributed by atoms with Crippen LogP contribution in [0.3, 0.4) is 0 Å². The standard InChI is InChI=1S/C12H19NO4/c1-8(12(15)16)13(10-2-3-10)11(14)9-4-6-17-7-5-9/h8-10H,2-7H2,1H3,(H,15,16). The second kappa shape index (κ2) is 5.04. The van der Waals surface area contributed by atoms with Crippen molar-refractivity contribution in [3.05, 3.63) is 0 Å². The highest BCUT2D eigenvalue weighted by Crippen LogP contribution is 2.31. The Morgan fingerprint density at radius 2 is 1.82 bits per heavy atom. The van der Waals surface area contributed by atoms with Gasteiger partial charge in [-0.05, 0) is 32.6 Å². The smallest absolute Gasteiger partial charge is 0.326 e. The molecule has 0 bridgehead atoms. The van der Waals surface area contributed by atoms with E-state index >= 15 is 0 Å². The minimum atomic E-state index is -0.919. The molecule has 0 aromatic rings. The average Bonchev–Trinajstić information content (AvgIpc) is 3.14. The lowest BCUT2D eigenvalue weighted by Gasteiger charge is -2.32. The lowest BCUT2D eigenvalue weighted by molar-refractivity contribution is -0.153. The molecule has 1 N–H and O–H groups in total. The Labute approximate surface area is 101 Å². The second-order valence-corrected chi connectivity index (χ2v) is 4.88. The summed E-state index contributed by atoms with van der Waals surface area (Å²) in [5.74, 6) is -0.964. The number of nitrogens with zero attached hydrogens (tertiary/aromatic N) is 1. The maximum atomic E-state index is 12.3. The Morgan fingerprint density at radius 1 is 1.24 bits per heavy atom.